The van der Waals surface area contributed by atoms with Crippen LogP contribution in [0, 0.1) is 6.92 Å². The SMILES string of the molecule is Cc1c(Cl)cccc1S(=O)(=O)[C@@]1(NC(=O)c2ccncc2)CCCNC1. The molecule has 1 saturated heterocycles. The third-order valence-electron chi connectivity index (χ3n) is 4.65. The number of sulfone groups is 1. The van der Waals surface area contributed by atoms with Crippen molar-refractivity contribution >= 4 is 27.3 Å². The van der Waals surface area contributed by atoms with Crippen LogP contribution in [0.5, 0.6) is 0 Å². The van der Waals surface area contributed by atoms with Gasteiger partial charge in [0.15, 0.2) is 4.87 Å². The number of aromatic nitrogens is 1. The number of hydrogen-bond acceptors (Lipinski definition) is 5. The van der Waals surface area contributed by atoms with E-state index in [0.717, 1.165) is 0 Å². The molecule has 1 fully saturated rings. The summed E-state index contributed by atoms with van der Waals surface area (Å²) in [5.41, 5.74) is 0.847. The van der Waals surface area contributed by atoms with Gasteiger partial charge in [-0.1, -0.05) is 17.7 Å². The molecule has 2 aromatic rings. The summed E-state index contributed by atoms with van der Waals surface area (Å²) in [6.45, 7) is 2.51. The molecule has 0 aliphatic carbocycles. The third kappa shape index (κ3) is 3.34. The van der Waals surface area contributed by atoms with Crippen LogP contribution < -0.4 is 10.6 Å². The standard InChI is InChI=1S/C18H20ClN3O3S/c1-13-15(19)4-2-5-16(13)26(24,25)18(8-3-9-21-12-18)22-17(23)14-6-10-20-11-7-14/h2,4-7,10-11,21H,3,8-9,12H2,1H3,(H,22,23)/t18-/m0/s1. The van der Waals surface area contributed by atoms with Crippen molar-refractivity contribution in [2.45, 2.75) is 29.5 Å². The fourth-order valence-corrected chi connectivity index (χ4v) is 5.51. The molecule has 1 amide bonds. The number of piperidine rings is 1. The maximum Gasteiger partial charge on any atom is 0.252 e. The highest BCUT2D eigenvalue weighted by Gasteiger charge is 2.47. The van der Waals surface area contributed by atoms with E-state index in [9.17, 15) is 13.2 Å². The molecule has 3 rings (SSSR count). The molecule has 1 aliphatic rings. The Kier molecular flexibility index (Phi) is 5.32. The predicted octanol–water partition coefficient (Wildman–Crippen LogP) is 2.33. The van der Waals surface area contributed by atoms with Crippen molar-refractivity contribution in [3.05, 3.63) is 58.9 Å². The fraction of sp³-hybridized carbons (Fsp3) is 0.333. The summed E-state index contributed by atoms with van der Waals surface area (Å²) in [6, 6.07) is 7.90. The van der Waals surface area contributed by atoms with Gasteiger partial charge in [-0.15, -0.1) is 0 Å². The summed E-state index contributed by atoms with van der Waals surface area (Å²) in [6.07, 6.45) is 3.95. The van der Waals surface area contributed by atoms with Gasteiger partial charge in [-0.3, -0.25) is 9.78 Å². The molecule has 0 unspecified atom stereocenters. The van der Waals surface area contributed by atoms with Gasteiger partial charge in [0.05, 0.1) is 4.90 Å². The number of carbonyl (C=O) groups is 1. The lowest BCUT2D eigenvalue weighted by Gasteiger charge is -2.38. The predicted molar refractivity (Wildman–Crippen MR) is 99.9 cm³/mol. The van der Waals surface area contributed by atoms with Crippen LogP contribution in [0.2, 0.25) is 5.02 Å². The number of benzene rings is 1. The number of nitrogens with one attached hydrogen (secondary N) is 2. The zero-order valence-corrected chi connectivity index (χ0v) is 15.9. The molecule has 0 spiro atoms. The van der Waals surface area contributed by atoms with Gasteiger partial charge in [-0.2, -0.15) is 0 Å². The second-order valence-corrected chi connectivity index (χ2v) is 8.97. The molecule has 1 aromatic carbocycles. The molecule has 2 heterocycles. The molecule has 1 aromatic heterocycles. The highest BCUT2D eigenvalue weighted by molar-refractivity contribution is 7.93. The first-order valence-corrected chi connectivity index (χ1v) is 10.2. The highest BCUT2D eigenvalue weighted by atomic mass is 35.5. The average Bonchev–Trinajstić information content (AvgIpc) is 2.65. The largest absolute Gasteiger partial charge is 0.332 e. The van der Waals surface area contributed by atoms with E-state index in [2.05, 4.69) is 15.6 Å². The summed E-state index contributed by atoms with van der Waals surface area (Å²) < 4.78 is 27.0. The Hall–Kier alpha value is -1.96. The van der Waals surface area contributed by atoms with Gasteiger partial charge >= 0.3 is 0 Å². The number of pyridine rings is 1. The smallest absolute Gasteiger partial charge is 0.252 e. The second kappa shape index (κ2) is 7.34. The lowest BCUT2D eigenvalue weighted by molar-refractivity contribution is 0.0916. The van der Waals surface area contributed by atoms with Gasteiger partial charge in [0, 0.05) is 29.5 Å². The van der Waals surface area contributed by atoms with Crippen LogP contribution in [0.3, 0.4) is 0 Å². The maximum atomic E-state index is 13.5. The summed E-state index contributed by atoms with van der Waals surface area (Å²) in [5.74, 6) is -0.445. The van der Waals surface area contributed by atoms with Gasteiger partial charge in [-0.25, -0.2) is 8.42 Å². The molecule has 6 nitrogen and oxygen atoms in total. The van der Waals surface area contributed by atoms with Gasteiger partial charge in [0.1, 0.15) is 0 Å². The van der Waals surface area contributed by atoms with E-state index in [4.69, 9.17) is 11.6 Å². The van der Waals surface area contributed by atoms with Crippen molar-refractivity contribution in [2.75, 3.05) is 13.1 Å². The first kappa shape index (κ1) is 18.8. The topological polar surface area (TPSA) is 88.2 Å². The summed E-state index contributed by atoms with van der Waals surface area (Å²) in [4.78, 5) is 15.3. The van der Waals surface area contributed by atoms with E-state index in [-0.39, 0.29) is 11.4 Å². The number of carbonyl (C=O) groups excluding carboxylic acids is 1. The molecule has 26 heavy (non-hydrogen) atoms. The van der Waals surface area contributed by atoms with Crippen LogP contribution in [0.4, 0.5) is 0 Å². The third-order valence-corrected chi connectivity index (χ3v) is 7.56. The van der Waals surface area contributed by atoms with Crippen LogP contribution in [0.1, 0.15) is 28.8 Å². The van der Waals surface area contributed by atoms with E-state index in [1.165, 1.54) is 18.5 Å². The molecule has 8 heteroatoms. The summed E-state index contributed by atoms with van der Waals surface area (Å²) in [7, 11) is -3.87. The Morgan fingerprint density at radius 1 is 1.27 bits per heavy atom. The number of amides is 1. The molecule has 0 radical (unpaired) electrons. The van der Waals surface area contributed by atoms with Gasteiger partial charge in [0.25, 0.3) is 5.91 Å². The minimum absolute atomic E-state index is 0.137. The molecular weight excluding hydrogens is 374 g/mol. The van der Waals surface area contributed by atoms with E-state index in [1.807, 2.05) is 0 Å². The van der Waals surface area contributed by atoms with E-state index < -0.39 is 20.6 Å². The summed E-state index contributed by atoms with van der Waals surface area (Å²) in [5, 5.41) is 6.26. The van der Waals surface area contributed by atoms with Crippen molar-refractivity contribution < 1.29 is 13.2 Å². The van der Waals surface area contributed by atoms with Crippen LogP contribution in [0.25, 0.3) is 0 Å². The van der Waals surface area contributed by atoms with Crippen LogP contribution in [-0.4, -0.2) is 37.3 Å². The molecule has 1 aliphatic heterocycles. The Morgan fingerprint density at radius 3 is 2.65 bits per heavy atom. The first-order valence-electron chi connectivity index (χ1n) is 8.30. The van der Waals surface area contributed by atoms with Gasteiger partial charge in [-0.05, 0) is 56.1 Å². The summed E-state index contributed by atoms with van der Waals surface area (Å²) >= 11 is 6.13. The van der Waals surface area contributed by atoms with E-state index in [0.29, 0.717) is 35.5 Å². The van der Waals surface area contributed by atoms with E-state index >= 15 is 0 Å². The quantitative estimate of drug-likeness (QED) is 0.832. The van der Waals surface area contributed by atoms with E-state index in [1.54, 1.807) is 31.2 Å². The minimum Gasteiger partial charge on any atom is -0.332 e. The molecule has 0 saturated carbocycles. The van der Waals surface area contributed by atoms with Crippen molar-refractivity contribution in [2.24, 2.45) is 0 Å². The maximum absolute atomic E-state index is 13.5. The molecular formula is C18H20ClN3O3S. The number of hydrogen-bond donors (Lipinski definition) is 2. The lowest BCUT2D eigenvalue weighted by Crippen LogP contribution is -2.62. The van der Waals surface area contributed by atoms with Gasteiger partial charge < -0.3 is 10.6 Å². The van der Waals surface area contributed by atoms with Crippen molar-refractivity contribution in [1.29, 1.82) is 0 Å². The first-order chi connectivity index (χ1) is 12.4. The number of rotatable bonds is 4. The van der Waals surface area contributed by atoms with Gasteiger partial charge in [0.2, 0.25) is 9.84 Å². The monoisotopic (exact) mass is 393 g/mol. The lowest BCUT2D eigenvalue weighted by atomic mass is 10.1. The highest BCUT2D eigenvalue weighted by Crippen LogP contribution is 2.33. The number of nitrogens with zero attached hydrogens (tertiary/aromatic N) is 1. The Bertz CT molecular complexity index is 911. The molecule has 1 atom stereocenters. The fourth-order valence-electron chi connectivity index (χ4n) is 3.15. The van der Waals surface area contributed by atoms with Crippen LogP contribution in [-0.2, 0) is 9.84 Å². The van der Waals surface area contributed by atoms with Crippen molar-refractivity contribution in [3.63, 3.8) is 0 Å². The minimum atomic E-state index is -3.87. The zero-order chi connectivity index (χ0) is 18.8. The zero-order valence-electron chi connectivity index (χ0n) is 14.3. The molecule has 0 bridgehead atoms. The Morgan fingerprint density at radius 2 is 2.00 bits per heavy atom. The van der Waals surface area contributed by atoms with Crippen LogP contribution in [0.15, 0.2) is 47.6 Å². The average molecular weight is 394 g/mol. The van der Waals surface area contributed by atoms with Crippen molar-refractivity contribution in [1.82, 2.24) is 15.6 Å². The van der Waals surface area contributed by atoms with Crippen molar-refractivity contribution in [3.8, 4) is 0 Å². The second-order valence-electron chi connectivity index (χ2n) is 6.33. The molecule has 138 valence electrons. The van der Waals surface area contributed by atoms with Crippen LogP contribution >= 0.6 is 11.6 Å². The molecule has 2 N–H and O–H groups in total. The Labute approximate surface area is 157 Å². The Balaban J connectivity index is 2.05. The number of halogens is 1. The normalized spacial score (nSPS) is 20.5.